The van der Waals surface area contributed by atoms with Gasteiger partial charge >= 0.3 is 5.69 Å². The highest BCUT2D eigenvalue weighted by Crippen LogP contribution is 2.32. The van der Waals surface area contributed by atoms with Crippen LogP contribution >= 0.6 is 0 Å². The van der Waals surface area contributed by atoms with Crippen LogP contribution in [-0.2, 0) is 27.8 Å². The summed E-state index contributed by atoms with van der Waals surface area (Å²) in [6, 6.07) is 15.1. The van der Waals surface area contributed by atoms with E-state index in [0.29, 0.717) is 40.8 Å². The number of nitrogens with one attached hydrogen (secondary N) is 2. The van der Waals surface area contributed by atoms with Crippen molar-refractivity contribution in [2.75, 3.05) is 16.2 Å². The molecular formula is C26H23FN4O5S. The van der Waals surface area contributed by atoms with Gasteiger partial charge in [0.1, 0.15) is 5.82 Å². The van der Waals surface area contributed by atoms with Crippen LogP contribution in [0.5, 0.6) is 0 Å². The molecule has 0 saturated carbocycles. The topological polar surface area (TPSA) is 121 Å². The van der Waals surface area contributed by atoms with Crippen LogP contribution in [0.4, 0.5) is 15.8 Å². The van der Waals surface area contributed by atoms with Crippen LogP contribution in [-0.4, -0.2) is 30.4 Å². The van der Waals surface area contributed by atoms with Crippen molar-refractivity contribution >= 4 is 38.2 Å². The van der Waals surface area contributed by atoms with Gasteiger partial charge in [-0.25, -0.2) is 17.6 Å². The Morgan fingerprint density at radius 2 is 1.86 bits per heavy atom. The Kier molecular flexibility index (Phi) is 6.16. The highest BCUT2D eigenvalue weighted by molar-refractivity contribution is 7.92. The van der Waals surface area contributed by atoms with Crippen molar-refractivity contribution in [3.05, 3.63) is 98.4 Å². The van der Waals surface area contributed by atoms with Crippen LogP contribution in [0.2, 0.25) is 0 Å². The van der Waals surface area contributed by atoms with Gasteiger partial charge in [-0.3, -0.25) is 23.9 Å². The summed E-state index contributed by atoms with van der Waals surface area (Å²) >= 11 is 0. The number of hydrogen-bond donors (Lipinski definition) is 2. The molecule has 2 N–H and O–H groups in total. The van der Waals surface area contributed by atoms with Gasteiger partial charge in [0.2, 0.25) is 5.91 Å². The van der Waals surface area contributed by atoms with Gasteiger partial charge in [0, 0.05) is 30.9 Å². The zero-order chi connectivity index (χ0) is 26.3. The first-order valence-corrected chi connectivity index (χ1v) is 13.1. The van der Waals surface area contributed by atoms with E-state index in [1.165, 1.54) is 17.6 Å². The molecular weight excluding hydrogens is 499 g/mol. The Labute approximate surface area is 211 Å². The Morgan fingerprint density at radius 1 is 1.08 bits per heavy atom. The van der Waals surface area contributed by atoms with Crippen LogP contribution < -0.4 is 20.9 Å². The van der Waals surface area contributed by atoms with Crippen molar-refractivity contribution in [3.63, 3.8) is 0 Å². The number of carbonyl (C=O) groups excluding carboxylic acids is 1. The lowest BCUT2D eigenvalue weighted by atomic mass is 10.1. The molecule has 0 aliphatic carbocycles. The molecule has 0 unspecified atom stereocenters. The summed E-state index contributed by atoms with van der Waals surface area (Å²) in [4.78, 5) is 41.4. The molecule has 5 rings (SSSR count). The number of hydrogen-bond acceptors (Lipinski definition) is 5. The molecule has 2 heterocycles. The maximum absolute atomic E-state index is 13.4. The standard InChI is InChI=1S/C26H23FN4O5S/c1-16-14-18(27)6-9-23(16)37(35,36)29-19-7-8-21-17(15-19)10-12-30(21)24(32)11-13-31-22-5-3-2-4-20(22)25(33)28-26(31)34/h2-9,14-15,29H,10-13H2,1H3,(H,28,33,34). The van der Waals surface area contributed by atoms with Gasteiger partial charge < -0.3 is 4.90 Å². The maximum atomic E-state index is 13.4. The summed E-state index contributed by atoms with van der Waals surface area (Å²) in [6.07, 6.45) is 0.571. The van der Waals surface area contributed by atoms with E-state index in [2.05, 4.69) is 9.71 Å². The number of anilines is 2. The molecule has 4 aromatic rings. The lowest BCUT2D eigenvalue weighted by Crippen LogP contribution is -2.34. The highest BCUT2D eigenvalue weighted by atomic mass is 32.2. The molecule has 0 radical (unpaired) electrons. The van der Waals surface area contributed by atoms with E-state index in [0.717, 1.165) is 17.7 Å². The van der Waals surface area contributed by atoms with Crippen molar-refractivity contribution in [1.29, 1.82) is 0 Å². The largest absolute Gasteiger partial charge is 0.328 e. The predicted molar refractivity (Wildman–Crippen MR) is 138 cm³/mol. The molecule has 1 amide bonds. The average molecular weight is 523 g/mol. The first-order valence-electron chi connectivity index (χ1n) is 11.6. The second-order valence-electron chi connectivity index (χ2n) is 8.83. The molecule has 1 aliphatic rings. The fourth-order valence-corrected chi connectivity index (χ4v) is 5.93. The second-order valence-corrected chi connectivity index (χ2v) is 10.5. The van der Waals surface area contributed by atoms with Gasteiger partial charge in [-0.05, 0) is 73.0 Å². The molecule has 11 heteroatoms. The number of para-hydroxylation sites is 1. The fourth-order valence-electron chi connectivity index (χ4n) is 4.66. The smallest absolute Gasteiger partial charge is 0.312 e. The normalized spacial score (nSPS) is 13.1. The molecule has 0 spiro atoms. The average Bonchev–Trinajstić information content (AvgIpc) is 3.26. The number of rotatable bonds is 6. The number of aromatic amines is 1. The predicted octanol–water partition coefficient (Wildman–Crippen LogP) is 2.92. The highest BCUT2D eigenvalue weighted by Gasteiger charge is 2.26. The van der Waals surface area contributed by atoms with Crippen molar-refractivity contribution in [2.24, 2.45) is 0 Å². The minimum atomic E-state index is -3.93. The number of H-pyrrole nitrogens is 1. The molecule has 0 atom stereocenters. The summed E-state index contributed by atoms with van der Waals surface area (Å²) in [7, 11) is -3.93. The Balaban J connectivity index is 1.33. The number of nitrogens with zero attached hydrogens (tertiary/aromatic N) is 2. The van der Waals surface area contributed by atoms with Gasteiger partial charge in [-0.1, -0.05) is 12.1 Å². The van der Waals surface area contributed by atoms with Crippen LogP contribution in [0, 0.1) is 12.7 Å². The third-order valence-electron chi connectivity index (χ3n) is 6.41. The van der Waals surface area contributed by atoms with Crippen molar-refractivity contribution < 1.29 is 17.6 Å². The van der Waals surface area contributed by atoms with Crippen molar-refractivity contribution in [3.8, 4) is 0 Å². The summed E-state index contributed by atoms with van der Waals surface area (Å²) in [5, 5.41) is 0.367. The molecule has 0 bridgehead atoms. The molecule has 1 aromatic heterocycles. The lowest BCUT2D eigenvalue weighted by molar-refractivity contribution is -0.118. The van der Waals surface area contributed by atoms with E-state index in [1.807, 2.05) is 0 Å². The van der Waals surface area contributed by atoms with Crippen molar-refractivity contribution in [1.82, 2.24) is 9.55 Å². The number of aromatic nitrogens is 2. The Morgan fingerprint density at radius 3 is 2.65 bits per heavy atom. The van der Waals surface area contributed by atoms with Crippen LogP contribution in [0.25, 0.3) is 10.9 Å². The Hall–Kier alpha value is -4.25. The third-order valence-corrected chi connectivity index (χ3v) is 7.95. The number of halogens is 1. The lowest BCUT2D eigenvalue weighted by Gasteiger charge is -2.18. The summed E-state index contributed by atoms with van der Waals surface area (Å²) < 4.78 is 42.9. The molecule has 3 aromatic carbocycles. The second kappa shape index (κ2) is 9.32. The van der Waals surface area contributed by atoms with Gasteiger partial charge in [-0.2, -0.15) is 0 Å². The molecule has 190 valence electrons. The molecule has 37 heavy (non-hydrogen) atoms. The van der Waals surface area contributed by atoms with Gasteiger partial charge in [-0.15, -0.1) is 0 Å². The van der Waals surface area contributed by atoms with E-state index in [1.54, 1.807) is 47.4 Å². The van der Waals surface area contributed by atoms with E-state index >= 15 is 0 Å². The quantitative estimate of drug-likeness (QED) is 0.403. The van der Waals surface area contributed by atoms with Crippen LogP contribution in [0.15, 0.2) is 75.1 Å². The van der Waals surface area contributed by atoms with Crippen LogP contribution in [0.1, 0.15) is 17.5 Å². The maximum Gasteiger partial charge on any atom is 0.328 e. The summed E-state index contributed by atoms with van der Waals surface area (Å²) in [5.74, 6) is -0.714. The summed E-state index contributed by atoms with van der Waals surface area (Å²) in [5.41, 5.74) is 1.51. The molecule has 0 saturated heterocycles. The number of sulfonamides is 1. The number of aryl methyl sites for hydroxylation is 2. The number of carbonyl (C=O) groups is 1. The minimum Gasteiger partial charge on any atom is -0.312 e. The van der Waals surface area contributed by atoms with Gasteiger partial charge in [0.15, 0.2) is 0 Å². The van der Waals surface area contributed by atoms with Gasteiger partial charge in [0.05, 0.1) is 15.8 Å². The number of fused-ring (bicyclic) bond motifs is 2. The van der Waals surface area contributed by atoms with Gasteiger partial charge in [0.25, 0.3) is 15.6 Å². The van der Waals surface area contributed by atoms with E-state index in [-0.39, 0.29) is 23.8 Å². The first kappa shape index (κ1) is 24.4. The zero-order valence-electron chi connectivity index (χ0n) is 19.8. The SMILES string of the molecule is Cc1cc(F)ccc1S(=O)(=O)Nc1ccc2c(c1)CCN2C(=O)CCn1c(=O)[nH]c(=O)c2ccccc21. The first-order chi connectivity index (χ1) is 17.6. The van der Waals surface area contributed by atoms with Crippen molar-refractivity contribution in [2.45, 2.75) is 31.2 Å². The number of amides is 1. The molecule has 9 nitrogen and oxygen atoms in total. The molecule has 0 fully saturated rings. The fraction of sp³-hybridized carbons (Fsp3) is 0.192. The van der Waals surface area contributed by atoms with E-state index in [4.69, 9.17) is 0 Å². The van der Waals surface area contributed by atoms with Crippen LogP contribution in [0.3, 0.4) is 0 Å². The summed E-state index contributed by atoms with van der Waals surface area (Å²) in [6.45, 7) is 2.03. The Bertz CT molecular complexity index is 1780. The monoisotopic (exact) mass is 522 g/mol. The van der Waals surface area contributed by atoms with E-state index in [9.17, 15) is 27.2 Å². The third kappa shape index (κ3) is 4.65. The molecule has 1 aliphatic heterocycles. The zero-order valence-corrected chi connectivity index (χ0v) is 20.6. The number of benzene rings is 3. The van der Waals surface area contributed by atoms with E-state index < -0.39 is 27.1 Å². The minimum absolute atomic E-state index is 0.0174.